The number of hydrogen-bond donors (Lipinski definition) is 0. The van der Waals surface area contributed by atoms with Crippen LogP contribution in [0.5, 0.6) is 0 Å². The van der Waals surface area contributed by atoms with E-state index in [4.69, 9.17) is 4.42 Å². The van der Waals surface area contributed by atoms with Crippen molar-refractivity contribution in [2.24, 2.45) is 0 Å². The Morgan fingerprint density at radius 3 is 1.83 bits per heavy atom. The molecule has 0 fully saturated rings. The predicted octanol–water partition coefficient (Wildman–Crippen LogP) is 15.5. The highest BCUT2D eigenvalue weighted by Gasteiger charge is 2.25. The number of fused-ring (bicyclic) bond motifs is 7. The normalized spacial score (nSPS) is 12.3. The number of furan rings is 1. The van der Waals surface area contributed by atoms with Crippen LogP contribution in [0.4, 0.5) is 34.1 Å². The highest BCUT2D eigenvalue weighted by Crippen LogP contribution is 2.52. The Kier molecular flexibility index (Phi) is 8.11. The molecule has 58 heavy (non-hydrogen) atoms. The molecular weight excluding hydrogens is 741 g/mol. The molecule has 0 unspecified atom stereocenters. The van der Waals surface area contributed by atoms with Crippen molar-refractivity contribution in [2.75, 3.05) is 9.80 Å². The summed E-state index contributed by atoms with van der Waals surface area (Å²) in [6, 6.07) is 68.5. The molecule has 0 atom stereocenters. The topological polar surface area (TPSA) is 19.6 Å². The predicted molar refractivity (Wildman–Crippen MR) is 251 cm³/mol. The number of hydrogen-bond acceptors (Lipinski definition) is 4. The smallest absolute Gasteiger partial charge is 0.159 e. The number of nitrogens with zero attached hydrogens (tertiary/aromatic N) is 2. The Labute approximate surface area is 343 Å². The van der Waals surface area contributed by atoms with Crippen LogP contribution in [0.1, 0.15) is 0 Å². The second-order valence-electron chi connectivity index (χ2n) is 16.2. The van der Waals surface area contributed by atoms with Gasteiger partial charge in [0.1, 0.15) is 5.58 Å². The Morgan fingerprint density at radius 1 is 0.431 bits per heavy atom. The number of anilines is 6. The first-order valence-corrected chi connectivity index (χ1v) is 24.2. The fourth-order valence-corrected chi connectivity index (χ4v) is 11.1. The van der Waals surface area contributed by atoms with E-state index in [2.05, 4.69) is 211 Å². The third-order valence-corrected chi connectivity index (χ3v) is 14.7. The van der Waals surface area contributed by atoms with Crippen molar-refractivity contribution in [1.82, 2.24) is 0 Å². The molecule has 5 heteroatoms. The molecule has 0 saturated carbocycles. The summed E-state index contributed by atoms with van der Waals surface area (Å²) in [5.74, 6) is 0. The van der Waals surface area contributed by atoms with E-state index < -0.39 is 8.07 Å². The molecule has 1 aliphatic heterocycles. The molecule has 0 aliphatic carbocycles. The molecule has 278 valence electrons. The average molecular weight is 781 g/mol. The van der Waals surface area contributed by atoms with Crippen molar-refractivity contribution in [1.29, 1.82) is 0 Å². The van der Waals surface area contributed by atoms with Gasteiger partial charge in [-0.2, -0.15) is 0 Å². The maximum atomic E-state index is 6.60. The first-order chi connectivity index (χ1) is 28.4. The molecule has 1 aromatic heterocycles. The first-order valence-electron chi connectivity index (χ1n) is 19.9. The molecule has 10 aromatic rings. The van der Waals surface area contributed by atoms with Crippen LogP contribution in [-0.4, -0.2) is 8.07 Å². The lowest BCUT2D eigenvalue weighted by Gasteiger charge is -2.29. The third-order valence-electron chi connectivity index (χ3n) is 11.6. The van der Waals surface area contributed by atoms with E-state index in [9.17, 15) is 0 Å². The van der Waals surface area contributed by atoms with Crippen molar-refractivity contribution in [3.63, 3.8) is 0 Å². The molecule has 2 heterocycles. The van der Waals surface area contributed by atoms with Gasteiger partial charge < -0.3 is 14.2 Å². The third kappa shape index (κ3) is 5.73. The summed E-state index contributed by atoms with van der Waals surface area (Å²) in [4.78, 5) is 7.27. The maximum Gasteiger partial charge on any atom is 0.159 e. The lowest BCUT2D eigenvalue weighted by molar-refractivity contribution is 0.669. The summed E-state index contributed by atoms with van der Waals surface area (Å²) >= 11 is 1.87. The SMILES string of the molecule is C[Si](C)(C)c1ccc(N(c2ccccc2)c2ccc3c(c2)Sc2cccc4c2c-3cc2ccc(N(c3ccccc3)c3cccc5c3oc3ccccc35)cc24)cc1. The van der Waals surface area contributed by atoms with E-state index in [1.165, 1.54) is 53.3 Å². The second kappa shape index (κ2) is 13.5. The highest BCUT2D eigenvalue weighted by atomic mass is 32.2. The van der Waals surface area contributed by atoms with E-state index in [1.54, 1.807) is 0 Å². The van der Waals surface area contributed by atoms with Crippen molar-refractivity contribution < 1.29 is 4.42 Å². The Bertz CT molecular complexity index is 3190. The molecule has 0 spiro atoms. The van der Waals surface area contributed by atoms with Gasteiger partial charge in [0.25, 0.3) is 0 Å². The van der Waals surface area contributed by atoms with Gasteiger partial charge in [-0.15, -0.1) is 0 Å². The van der Waals surface area contributed by atoms with Gasteiger partial charge in [-0.25, -0.2) is 0 Å². The van der Waals surface area contributed by atoms with E-state index in [0.717, 1.165) is 50.4 Å². The zero-order valence-corrected chi connectivity index (χ0v) is 34.4. The van der Waals surface area contributed by atoms with Crippen molar-refractivity contribution >= 4 is 103 Å². The summed E-state index contributed by atoms with van der Waals surface area (Å²) in [7, 11) is -1.43. The van der Waals surface area contributed by atoms with Gasteiger partial charge in [0.15, 0.2) is 5.58 Å². The molecule has 9 aromatic carbocycles. The van der Waals surface area contributed by atoms with Crippen LogP contribution in [0.15, 0.2) is 202 Å². The van der Waals surface area contributed by atoms with Crippen molar-refractivity contribution in [3.8, 4) is 11.1 Å². The summed E-state index contributed by atoms with van der Waals surface area (Å²) < 4.78 is 6.60. The van der Waals surface area contributed by atoms with Crippen molar-refractivity contribution in [2.45, 2.75) is 29.4 Å². The largest absolute Gasteiger partial charge is 0.454 e. The molecular formula is C53H40N2OSSi. The van der Waals surface area contributed by atoms with Gasteiger partial charge >= 0.3 is 0 Å². The molecule has 3 nitrogen and oxygen atoms in total. The quantitative estimate of drug-likeness (QED) is 0.118. The summed E-state index contributed by atoms with van der Waals surface area (Å²) in [6.45, 7) is 7.21. The van der Waals surface area contributed by atoms with Gasteiger partial charge in [-0.3, -0.25) is 0 Å². The van der Waals surface area contributed by atoms with Crippen LogP contribution in [0.25, 0.3) is 54.6 Å². The molecule has 0 bridgehead atoms. The van der Waals surface area contributed by atoms with Crippen LogP contribution in [0.2, 0.25) is 19.6 Å². The van der Waals surface area contributed by atoms with E-state index in [1.807, 2.05) is 17.8 Å². The summed E-state index contributed by atoms with van der Waals surface area (Å²) in [5.41, 5.74) is 11.0. The van der Waals surface area contributed by atoms with Crippen LogP contribution >= 0.6 is 11.8 Å². The first kappa shape index (κ1) is 34.7. The minimum atomic E-state index is -1.43. The zero-order valence-electron chi connectivity index (χ0n) is 32.6. The lowest BCUT2D eigenvalue weighted by atomic mass is 9.92. The van der Waals surface area contributed by atoms with Gasteiger partial charge in [0.2, 0.25) is 0 Å². The maximum absolute atomic E-state index is 6.60. The van der Waals surface area contributed by atoms with Crippen molar-refractivity contribution in [3.05, 3.63) is 188 Å². The fourth-order valence-electron chi connectivity index (χ4n) is 8.72. The molecule has 11 rings (SSSR count). The highest BCUT2D eigenvalue weighted by molar-refractivity contribution is 7.99. The standard InChI is InChI=1S/C53H40N2OSSi/c1-58(2,3)41-29-26-38(27-30-41)54(36-14-6-4-7-15-36)40-28-31-43-47-32-35-24-25-39(33-46(35)44-19-13-23-50(52(44)47)57-51(43)34-40)55(37-16-8-5-9-17-37)48-21-12-20-45-42-18-10-11-22-49(42)56-53(45)48/h4-34H,1-3H3. The Hall–Kier alpha value is -6.53. The van der Waals surface area contributed by atoms with Gasteiger partial charge in [-0.05, 0) is 112 Å². The van der Waals surface area contributed by atoms with E-state index >= 15 is 0 Å². The number of benzene rings is 9. The number of rotatable bonds is 7. The fraction of sp³-hybridized carbons (Fsp3) is 0.0566. The summed E-state index contributed by atoms with van der Waals surface area (Å²) in [6.07, 6.45) is 0. The monoisotopic (exact) mass is 780 g/mol. The molecule has 0 radical (unpaired) electrons. The molecule has 0 amide bonds. The summed E-state index contributed by atoms with van der Waals surface area (Å²) in [5, 5.41) is 8.72. The van der Waals surface area contributed by atoms with Crippen LogP contribution in [0, 0.1) is 0 Å². The van der Waals surface area contributed by atoms with Crippen LogP contribution < -0.4 is 15.0 Å². The van der Waals surface area contributed by atoms with Crippen LogP contribution in [-0.2, 0) is 0 Å². The van der Waals surface area contributed by atoms with Gasteiger partial charge in [0, 0.05) is 54.4 Å². The average Bonchev–Trinajstić information content (AvgIpc) is 3.64. The van der Waals surface area contributed by atoms with Gasteiger partial charge in [0.05, 0.1) is 13.8 Å². The number of para-hydroxylation sites is 4. The minimum Gasteiger partial charge on any atom is -0.454 e. The lowest BCUT2D eigenvalue weighted by Crippen LogP contribution is -2.37. The van der Waals surface area contributed by atoms with E-state index in [0.29, 0.717) is 0 Å². The van der Waals surface area contributed by atoms with Gasteiger partial charge in [-0.1, -0.05) is 140 Å². The molecule has 0 N–H and O–H groups in total. The van der Waals surface area contributed by atoms with Crippen LogP contribution in [0.3, 0.4) is 0 Å². The molecule has 0 saturated heterocycles. The minimum absolute atomic E-state index is 0.881. The van der Waals surface area contributed by atoms with E-state index in [-0.39, 0.29) is 0 Å². The Balaban J connectivity index is 1.05. The Morgan fingerprint density at radius 2 is 1.05 bits per heavy atom. The molecule has 1 aliphatic rings. The zero-order chi connectivity index (χ0) is 39.0. The second-order valence-corrected chi connectivity index (χ2v) is 22.3.